The molecule has 2 aromatic carbocycles. The van der Waals surface area contributed by atoms with Crippen LogP contribution in [0.15, 0.2) is 42.5 Å². The zero-order valence-electron chi connectivity index (χ0n) is 11.5. The summed E-state index contributed by atoms with van der Waals surface area (Å²) in [4.78, 5) is 0. The van der Waals surface area contributed by atoms with Gasteiger partial charge in [0, 0.05) is 27.6 Å². The van der Waals surface area contributed by atoms with Crippen molar-refractivity contribution in [2.24, 2.45) is 11.1 Å². The summed E-state index contributed by atoms with van der Waals surface area (Å²) >= 11 is 12.5. The monoisotopic (exact) mass is 321 g/mol. The molecule has 0 aliphatic heterocycles. The molecule has 1 atom stereocenters. The Balaban J connectivity index is 2.02. The second kappa shape index (κ2) is 5.62. The van der Waals surface area contributed by atoms with Crippen LogP contribution in [0.3, 0.4) is 0 Å². The molecule has 2 aromatic rings. The summed E-state index contributed by atoms with van der Waals surface area (Å²) in [6.45, 7) is 0.379. The maximum absolute atomic E-state index is 11.0. The number of rotatable bonds is 3. The number of aliphatic hydroxyl groups is 1. The van der Waals surface area contributed by atoms with E-state index in [4.69, 9.17) is 28.9 Å². The summed E-state index contributed by atoms with van der Waals surface area (Å²) < 4.78 is 0. The Kier molecular flexibility index (Phi) is 3.98. The Morgan fingerprint density at radius 1 is 1.00 bits per heavy atom. The van der Waals surface area contributed by atoms with Crippen LogP contribution in [0.5, 0.6) is 0 Å². The summed E-state index contributed by atoms with van der Waals surface area (Å²) in [5.74, 6) is 0. The van der Waals surface area contributed by atoms with Crippen LogP contribution in [0, 0.1) is 5.41 Å². The van der Waals surface area contributed by atoms with Gasteiger partial charge in [-0.05, 0) is 36.1 Å². The smallest absolute Gasteiger partial charge is 0.0893 e. The second-order valence-electron chi connectivity index (χ2n) is 5.73. The molecule has 1 aliphatic carbocycles. The van der Waals surface area contributed by atoms with Gasteiger partial charge in [0.1, 0.15) is 0 Å². The molecule has 3 rings (SSSR count). The van der Waals surface area contributed by atoms with Crippen molar-refractivity contribution in [1.29, 1.82) is 0 Å². The molecule has 1 aliphatic rings. The molecule has 0 bridgehead atoms. The molecule has 0 fully saturated rings. The van der Waals surface area contributed by atoms with E-state index >= 15 is 0 Å². The van der Waals surface area contributed by atoms with Crippen LogP contribution in [0.1, 0.15) is 22.8 Å². The topological polar surface area (TPSA) is 46.2 Å². The molecule has 110 valence electrons. The number of hydrogen-bond acceptors (Lipinski definition) is 2. The van der Waals surface area contributed by atoms with Gasteiger partial charge in [-0.3, -0.25) is 0 Å². The molecule has 0 heterocycles. The number of fused-ring (bicyclic) bond motifs is 1. The second-order valence-corrected chi connectivity index (χ2v) is 6.54. The number of aliphatic hydroxyl groups excluding tert-OH is 1. The van der Waals surface area contributed by atoms with E-state index in [1.54, 1.807) is 18.2 Å². The summed E-state index contributed by atoms with van der Waals surface area (Å²) in [5.41, 5.74) is 8.66. The molecular formula is C17H17Cl2NO. The lowest BCUT2D eigenvalue weighted by atomic mass is 9.76. The highest BCUT2D eigenvalue weighted by Crippen LogP contribution is 2.48. The number of halogens is 2. The van der Waals surface area contributed by atoms with Crippen LogP contribution < -0.4 is 5.73 Å². The lowest BCUT2D eigenvalue weighted by molar-refractivity contribution is 0.0360. The first kappa shape index (κ1) is 14.9. The van der Waals surface area contributed by atoms with Crippen LogP contribution in [-0.4, -0.2) is 11.7 Å². The largest absolute Gasteiger partial charge is 0.388 e. The highest BCUT2D eigenvalue weighted by molar-refractivity contribution is 6.36. The van der Waals surface area contributed by atoms with Gasteiger partial charge in [-0.25, -0.2) is 0 Å². The Hall–Kier alpha value is -1.06. The van der Waals surface area contributed by atoms with Gasteiger partial charge in [-0.2, -0.15) is 0 Å². The predicted molar refractivity (Wildman–Crippen MR) is 86.8 cm³/mol. The van der Waals surface area contributed by atoms with Gasteiger partial charge in [0.05, 0.1) is 6.10 Å². The molecule has 0 aromatic heterocycles. The Bertz CT molecular complexity index is 626. The molecule has 2 nitrogen and oxygen atoms in total. The summed E-state index contributed by atoms with van der Waals surface area (Å²) in [5, 5.41) is 11.9. The van der Waals surface area contributed by atoms with Crippen molar-refractivity contribution in [3.63, 3.8) is 0 Å². The molecule has 21 heavy (non-hydrogen) atoms. The predicted octanol–water partition coefficient (Wildman–Crippen LogP) is 3.77. The molecule has 0 spiro atoms. The van der Waals surface area contributed by atoms with Crippen molar-refractivity contribution in [3.05, 3.63) is 69.2 Å². The van der Waals surface area contributed by atoms with Crippen molar-refractivity contribution >= 4 is 23.2 Å². The molecule has 4 heteroatoms. The molecule has 0 saturated carbocycles. The van der Waals surface area contributed by atoms with Crippen molar-refractivity contribution in [1.82, 2.24) is 0 Å². The van der Waals surface area contributed by atoms with E-state index in [1.807, 2.05) is 12.1 Å². The minimum atomic E-state index is -0.781. The fraction of sp³-hybridized carbons (Fsp3) is 0.294. The normalized spacial score (nSPS) is 17.5. The number of nitrogens with two attached hydrogens (primary N) is 1. The minimum absolute atomic E-state index is 0.379. The first-order valence-electron chi connectivity index (χ1n) is 6.96. The first-order chi connectivity index (χ1) is 10.1. The zero-order chi connectivity index (χ0) is 15.0. The van der Waals surface area contributed by atoms with E-state index < -0.39 is 11.5 Å². The fourth-order valence-corrected chi connectivity index (χ4v) is 3.86. The Morgan fingerprint density at radius 2 is 1.52 bits per heavy atom. The van der Waals surface area contributed by atoms with Crippen LogP contribution >= 0.6 is 23.2 Å². The van der Waals surface area contributed by atoms with Gasteiger partial charge in [-0.15, -0.1) is 0 Å². The zero-order valence-corrected chi connectivity index (χ0v) is 13.0. The van der Waals surface area contributed by atoms with E-state index in [0.717, 1.165) is 12.8 Å². The molecule has 0 radical (unpaired) electrons. The van der Waals surface area contributed by atoms with Gasteiger partial charge >= 0.3 is 0 Å². The number of benzene rings is 2. The maximum atomic E-state index is 11.0. The van der Waals surface area contributed by atoms with Crippen LogP contribution in [0.4, 0.5) is 0 Å². The average Bonchev–Trinajstić information content (AvgIpc) is 2.87. The summed E-state index contributed by atoms with van der Waals surface area (Å²) in [7, 11) is 0. The van der Waals surface area contributed by atoms with E-state index in [2.05, 4.69) is 12.1 Å². The third-order valence-corrected chi connectivity index (χ3v) is 5.12. The van der Waals surface area contributed by atoms with Gasteiger partial charge in [-0.1, -0.05) is 53.5 Å². The Labute approximate surface area is 134 Å². The third kappa shape index (κ3) is 2.47. The van der Waals surface area contributed by atoms with Crippen molar-refractivity contribution in [2.45, 2.75) is 18.9 Å². The van der Waals surface area contributed by atoms with Gasteiger partial charge in [0.15, 0.2) is 0 Å². The fourth-order valence-electron chi connectivity index (χ4n) is 3.25. The maximum Gasteiger partial charge on any atom is 0.0893 e. The molecule has 0 saturated heterocycles. The van der Waals surface area contributed by atoms with Gasteiger partial charge in [0.2, 0.25) is 0 Å². The summed E-state index contributed by atoms with van der Waals surface area (Å²) in [6.07, 6.45) is 0.696. The Morgan fingerprint density at radius 3 is 2.00 bits per heavy atom. The van der Waals surface area contributed by atoms with Crippen LogP contribution in [-0.2, 0) is 12.8 Å². The third-order valence-electron chi connectivity index (χ3n) is 4.46. The average molecular weight is 322 g/mol. The van der Waals surface area contributed by atoms with Crippen molar-refractivity contribution < 1.29 is 5.11 Å². The van der Waals surface area contributed by atoms with E-state index in [0.29, 0.717) is 22.2 Å². The van der Waals surface area contributed by atoms with E-state index in [-0.39, 0.29) is 0 Å². The lowest BCUT2D eigenvalue weighted by Crippen LogP contribution is -2.38. The lowest BCUT2D eigenvalue weighted by Gasteiger charge is -2.34. The van der Waals surface area contributed by atoms with Crippen LogP contribution in [0.2, 0.25) is 10.0 Å². The first-order valence-corrected chi connectivity index (χ1v) is 7.72. The van der Waals surface area contributed by atoms with Crippen LogP contribution in [0.25, 0.3) is 0 Å². The SMILES string of the molecule is NCC1(C(O)c2c(Cl)cccc2Cl)Cc2ccccc2C1. The highest BCUT2D eigenvalue weighted by atomic mass is 35.5. The summed E-state index contributed by atoms with van der Waals surface area (Å²) in [6, 6.07) is 13.5. The van der Waals surface area contributed by atoms with Crippen molar-refractivity contribution in [2.75, 3.05) is 6.54 Å². The minimum Gasteiger partial charge on any atom is -0.388 e. The molecule has 3 N–H and O–H groups in total. The van der Waals surface area contributed by atoms with E-state index in [1.165, 1.54) is 11.1 Å². The van der Waals surface area contributed by atoms with Crippen molar-refractivity contribution in [3.8, 4) is 0 Å². The molecular weight excluding hydrogens is 305 g/mol. The van der Waals surface area contributed by atoms with Gasteiger partial charge < -0.3 is 10.8 Å². The standard InChI is InChI=1S/C17H17Cl2NO/c18-13-6-3-7-14(19)15(13)16(21)17(10-20)8-11-4-1-2-5-12(11)9-17/h1-7,16,21H,8-10,20H2. The number of hydrogen-bond donors (Lipinski definition) is 2. The molecule has 0 amide bonds. The quantitative estimate of drug-likeness (QED) is 0.903. The highest BCUT2D eigenvalue weighted by Gasteiger charge is 2.44. The van der Waals surface area contributed by atoms with E-state index in [9.17, 15) is 5.11 Å². The molecule has 1 unspecified atom stereocenters. The van der Waals surface area contributed by atoms with Gasteiger partial charge in [0.25, 0.3) is 0 Å².